The van der Waals surface area contributed by atoms with Gasteiger partial charge in [-0.25, -0.2) is 0 Å². The zero-order chi connectivity index (χ0) is 11.3. The average molecular weight is 271 g/mol. The highest BCUT2D eigenvalue weighted by Gasteiger charge is 2.12. The minimum absolute atomic E-state index is 0.148. The van der Waals surface area contributed by atoms with E-state index >= 15 is 0 Å². The van der Waals surface area contributed by atoms with Gasteiger partial charge in [0.1, 0.15) is 0 Å². The Morgan fingerprint density at radius 2 is 1.80 bits per heavy atom. The van der Waals surface area contributed by atoms with E-state index in [9.17, 15) is 0 Å². The van der Waals surface area contributed by atoms with Crippen LogP contribution in [0.15, 0.2) is 28.7 Å². The number of hydrogen-bond donors (Lipinski definition) is 2. The highest BCUT2D eigenvalue weighted by atomic mass is 79.9. The zero-order valence-electron chi connectivity index (χ0n) is 9.60. The zero-order valence-corrected chi connectivity index (χ0v) is 11.2. The Kier molecular flexibility index (Phi) is 4.77. The van der Waals surface area contributed by atoms with Gasteiger partial charge in [-0.3, -0.25) is 0 Å². The molecule has 0 aliphatic carbocycles. The molecule has 0 unspecified atom stereocenters. The van der Waals surface area contributed by atoms with Crippen LogP contribution in [0.4, 0.5) is 0 Å². The van der Waals surface area contributed by atoms with Crippen LogP contribution in [0.3, 0.4) is 0 Å². The van der Waals surface area contributed by atoms with Crippen molar-refractivity contribution in [3.8, 4) is 0 Å². The van der Waals surface area contributed by atoms with Gasteiger partial charge in [0, 0.05) is 23.1 Å². The molecule has 0 spiro atoms. The maximum atomic E-state index is 3.43. The van der Waals surface area contributed by atoms with Gasteiger partial charge in [-0.05, 0) is 38.6 Å². The second-order valence-corrected chi connectivity index (χ2v) is 5.28. The van der Waals surface area contributed by atoms with Crippen molar-refractivity contribution in [3.63, 3.8) is 0 Å². The fourth-order valence-electron chi connectivity index (χ4n) is 1.21. The summed E-state index contributed by atoms with van der Waals surface area (Å²) >= 11 is 3.43. The van der Waals surface area contributed by atoms with E-state index in [-0.39, 0.29) is 5.54 Å². The van der Waals surface area contributed by atoms with Crippen molar-refractivity contribution in [2.45, 2.75) is 25.9 Å². The molecule has 0 aliphatic rings. The van der Waals surface area contributed by atoms with Gasteiger partial charge in [0.05, 0.1) is 0 Å². The van der Waals surface area contributed by atoms with Gasteiger partial charge in [0.15, 0.2) is 0 Å². The van der Waals surface area contributed by atoms with Crippen molar-refractivity contribution in [3.05, 3.63) is 34.3 Å². The minimum atomic E-state index is 0.148. The second-order valence-electron chi connectivity index (χ2n) is 4.36. The molecule has 84 valence electrons. The lowest BCUT2D eigenvalue weighted by molar-refractivity contribution is 0.393. The summed E-state index contributed by atoms with van der Waals surface area (Å²) < 4.78 is 1.13. The summed E-state index contributed by atoms with van der Waals surface area (Å²) in [7, 11) is 1.99. The third-order valence-corrected chi connectivity index (χ3v) is 3.01. The molecule has 0 fully saturated rings. The van der Waals surface area contributed by atoms with Gasteiger partial charge in [-0.2, -0.15) is 0 Å². The van der Waals surface area contributed by atoms with E-state index in [0.717, 1.165) is 17.6 Å². The first kappa shape index (κ1) is 12.7. The molecule has 1 aromatic rings. The van der Waals surface area contributed by atoms with Crippen LogP contribution in [0.2, 0.25) is 0 Å². The van der Waals surface area contributed by atoms with Crippen LogP contribution in [-0.2, 0) is 6.54 Å². The van der Waals surface area contributed by atoms with Gasteiger partial charge < -0.3 is 10.6 Å². The first-order valence-corrected chi connectivity index (χ1v) is 5.97. The fraction of sp³-hybridized carbons (Fsp3) is 0.500. The molecule has 0 atom stereocenters. The molecule has 0 saturated heterocycles. The van der Waals surface area contributed by atoms with E-state index < -0.39 is 0 Å². The maximum absolute atomic E-state index is 3.43. The van der Waals surface area contributed by atoms with E-state index in [0.29, 0.717) is 0 Å². The summed E-state index contributed by atoms with van der Waals surface area (Å²) in [6.07, 6.45) is 0. The van der Waals surface area contributed by atoms with Gasteiger partial charge in [-0.15, -0.1) is 0 Å². The van der Waals surface area contributed by atoms with Crippen molar-refractivity contribution >= 4 is 15.9 Å². The molecule has 1 aromatic carbocycles. The van der Waals surface area contributed by atoms with Crippen LogP contribution in [0.1, 0.15) is 19.4 Å². The van der Waals surface area contributed by atoms with Crippen LogP contribution in [0.5, 0.6) is 0 Å². The normalized spacial score (nSPS) is 11.7. The number of likely N-dealkylation sites (N-methyl/N-ethyl adjacent to an activating group) is 1. The summed E-state index contributed by atoms with van der Waals surface area (Å²) in [5, 5.41) is 6.70. The summed E-state index contributed by atoms with van der Waals surface area (Å²) in [5.74, 6) is 0. The molecular formula is C12H19BrN2. The van der Waals surface area contributed by atoms with Crippen LogP contribution < -0.4 is 10.6 Å². The lowest BCUT2D eigenvalue weighted by Crippen LogP contribution is -2.45. The van der Waals surface area contributed by atoms with E-state index in [4.69, 9.17) is 0 Å². The monoisotopic (exact) mass is 270 g/mol. The smallest absolute Gasteiger partial charge is 0.0246 e. The molecule has 0 radical (unpaired) electrons. The topological polar surface area (TPSA) is 24.1 Å². The third kappa shape index (κ3) is 4.78. The van der Waals surface area contributed by atoms with Crippen LogP contribution in [0, 0.1) is 0 Å². The molecule has 1 rings (SSSR count). The fourth-order valence-corrected chi connectivity index (χ4v) is 1.47. The molecule has 2 nitrogen and oxygen atoms in total. The van der Waals surface area contributed by atoms with Crippen molar-refractivity contribution in [2.75, 3.05) is 13.6 Å². The predicted molar refractivity (Wildman–Crippen MR) is 69.0 cm³/mol. The number of benzene rings is 1. The van der Waals surface area contributed by atoms with Crippen molar-refractivity contribution < 1.29 is 0 Å². The van der Waals surface area contributed by atoms with Crippen molar-refractivity contribution in [1.82, 2.24) is 10.6 Å². The van der Waals surface area contributed by atoms with Crippen LogP contribution in [0.25, 0.3) is 0 Å². The van der Waals surface area contributed by atoms with E-state index in [1.54, 1.807) is 0 Å². The van der Waals surface area contributed by atoms with E-state index in [1.165, 1.54) is 5.56 Å². The Bertz CT molecular complexity index is 293. The Morgan fingerprint density at radius 3 is 2.33 bits per heavy atom. The molecule has 0 aromatic heterocycles. The van der Waals surface area contributed by atoms with Crippen LogP contribution >= 0.6 is 15.9 Å². The van der Waals surface area contributed by atoms with Gasteiger partial charge >= 0.3 is 0 Å². The van der Waals surface area contributed by atoms with E-state index in [2.05, 4.69) is 64.7 Å². The number of nitrogens with one attached hydrogen (secondary N) is 2. The first-order chi connectivity index (χ1) is 7.03. The highest BCUT2D eigenvalue weighted by molar-refractivity contribution is 9.10. The molecule has 3 heteroatoms. The Morgan fingerprint density at radius 1 is 1.20 bits per heavy atom. The summed E-state index contributed by atoms with van der Waals surface area (Å²) in [5.41, 5.74) is 1.46. The molecule has 0 saturated carbocycles. The predicted octanol–water partition coefficient (Wildman–Crippen LogP) is 2.54. The standard InChI is InChI=1S/C12H19BrN2/c1-12(2,14-3)9-15-8-10-4-6-11(13)7-5-10/h4-7,14-15H,8-9H2,1-3H3. The first-order valence-electron chi connectivity index (χ1n) is 5.17. The lowest BCUT2D eigenvalue weighted by atomic mass is 10.1. The Labute approximate surface area is 101 Å². The number of rotatable bonds is 5. The average Bonchev–Trinajstić information content (AvgIpc) is 2.21. The number of halogens is 1. The SMILES string of the molecule is CNC(C)(C)CNCc1ccc(Br)cc1. The molecule has 0 amide bonds. The van der Waals surface area contributed by atoms with Crippen molar-refractivity contribution in [1.29, 1.82) is 0 Å². The molecule has 15 heavy (non-hydrogen) atoms. The molecular weight excluding hydrogens is 252 g/mol. The molecule has 2 N–H and O–H groups in total. The van der Waals surface area contributed by atoms with E-state index in [1.807, 2.05) is 7.05 Å². The largest absolute Gasteiger partial charge is 0.314 e. The van der Waals surface area contributed by atoms with Crippen LogP contribution in [-0.4, -0.2) is 19.1 Å². The molecule has 0 heterocycles. The van der Waals surface area contributed by atoms with Gasteiger partial charge in [0.2, 0.25) is 0 Å². The summed E-state index contributed by atoms with van der Waals surface area (Å²) in [6, 6.07) is 8.40. The minimum Gasteiger partial charge on any atom is -0.314 e. The molecule has 0 bridgehead atoms. The highest BCUT2D eigenvalue weighted by Crippen LogP contribution is 2.10. The lowest BCUT2D eigenvalue weighted by Gasteiger charge is -2.24. The van der Waals surface area contributed by atoms with Crippen molar-refractivity contribution in [2.24, 2.45) is 0 Å². The Hall–Kier alpha value is -0.380. The quantitative estimate of drug-likeness (QED) is 0.860. The summed E-state index contributed by atoms with van der Waals surface area (Å²) in [6.45, 7) is 6.24. The molecule has 0 aliphatic heterocycles. The second kappa shape index (κ2) is 5.64. The van der Waals surface area contributed by atoms with Gasteiger partial charge in [0.25, 0.3) is 0 Å². The summed E-state index contributed by atoms with van der Waals surface area (Å²) in [4.78, 5) is 0. The Balaban J connectivity index is 2.35. The van der Waals surface area contributed by atoms with Gasteiger partial charge in [-0.1, -0.05) is 28.1 Å². The maximum Gasteiger partial charge on any atom is 0.0246 e. The third-order valence-electron chi connectivity index (χ3n) is 2.49. The number of hydrogen-bond acceptors (Lipinski definition) is 2.